The Morgan fingerprint density at radius 3 is 1.93 bits per heavy atom. The maximum absolute atomic E-state index is 12.6. The average molecular weight is 419 g/mol. The van der Waals surface area contributed by atoms with E-state index in [0.717, 1.165) is 30.5 Å². The summed E-state index contributed by atoms with van der Waals surface area (Å²) in [5, 5.41) is 18.2. The molecule has 0 saturated heterocycles. The minimum Gasteiger partial charge on any atom is -0.479 e. The maximum atomic E-state index is 12.6. The van der Waals surface area contributed by atoms with Crippen LogP contribution in [0, 0.1) is 0 Å². The molecule has 7 nitrogen and oxygen atoms in total. The van der Waals surface area contributed by atoms with Crippen molar-refractivity contribution in [2.75, 3.05) is 17.1 Å². The van der Waals surface area contributed by atoms with E-state index < -0.39 is 40.4 Å². The minimum absolute atomic E-state index is 0.0857. The molecular formula is C17H16F3NO6S. The van der Waals surface area contributed by atoms with E-state index >= 15 is 0 Å². The Morgan fingerprint density at radius 1 is 1.07 bits per heavy atom. The van der Waals surface area contributed by atoms with Gasteiger partial charge in [-0.2, -0.15) is 13.2 Å². The number of sulfonamides is 1. The van der Waals surface area contributed by atoms with Crippen molar-refractivity contribution in [3.05, 3.63) is 54.1 Å². The summed E-state index contributed by atoms with van der Waals surface area (Å²) in [7, 11) is -3.87. The fourth-order valence-electron chi connectivity index (χ4n) is 2.20. The molecule has 0 bridgehead atoms. The van der Waals surface area contributed by atoms with Crippen LogP contribution in [0.2, 0.25) is 0 Å². The lowest BCUT2D eigenvalue weighted by Gasteiger charge is -2.23. The summed E-state index contributed by atoms with van der Waals surface area (Å²) in [6, 6.07) is 9.36. The number of carboxylic acids is 1. The molecule has 0 aromatic heterocycles. The Balaban J connectivity index is 2.18. The molecule has 0 aliphatic heterocycles. The maximum Gasteiger partial charge on any atom is 0.416 e. The van der Waals surface area contributed by atoms with Crippen LogP contribution < -0.4 is 9.04 Å². The summed E-state index contributed by atoms with van der Waals surface area (Å²) in [4.78, 5) is 10.8. The zero-order valence-electron chi connectivity index (χ0n) is 14.4. The number of nitrogens with zero attached hydrogens (tertiary/aromatic N) is 1. The molecule has 1 atom stereocenters. The highest BCUT2D eigenvalue weighted by Crippen LogP contribution is 2.32. The molecule has 2 aromatic carbocycles. The lowest BCUT2D eigenvalue weighted by Crippen LogP contribution is -2.40. The predicted octanol–water partition coefficient (Wildman–Crippen LogP) is 2.71. The molecular weight excluding hydrogens is 403 g/mol. The highest BCUT2D eigenvalue weighted by molar-refractivity contribution is 7.92. The summed E-state index contributed by atoms with van der Waals surface area (Å²) in [6.07, 6.45) is -5.53. The Kier molecular flexibility index (Phi) is 6.20. The quantitative estimate of drug-likeness (QED) is 0.715. The zero-order chi connectivity index (χ0) is 21.1. The van der Waals surface area contributed by atoms with Crippen molar-refractivity contribution in [3.8, 4) is 11.5 Å². The summed E-state index contributed by atoms with van der Waals surface area (Å²) in [5.74, 6) is -1.21. The third-order valence-corrected chi connectivity index (χ3v) is 4.73. The van der Waals surface area contributed by atoms with Gasteiger partial charge in [0.15, 0.2) is 6.10 Å². The molecule has 0 aliphatic carbocycles. The number of hydrogen-bond donors (Lipinski definition) is 2. The molecule has 0 amide bonds. The molecule has 152 valence electrons. The van der Waals surface area contributed by atoms with Crippen molar-refractivity contribution in [2.45, 2.75) is 12.3 Å². The largest absolute Gasteiger partial charge is 0.479 e. The monoisotopic (exact) mass is 419 g/mol. The summed E-state index contributed by atoms with van der Waals surface area (Å²) in [6.45, 7) is -0.687. The Bertz CT molecular complexity index is 927. The van der Waals surface area contributed by atoms with Crippen molar-refractivity contribution in [3.63, 3.8) is 0 Å². The van der Waals surface area contributed by atoms with Crippen LogP contribution in [0.15, 0.2) is 48.5 Å². The Labute approximate surface area is 158 Å². The van der Waals surface area contributed by atoms with Crippen molar-refractivity contribution < 1.29 is 41.3 Å². The van der Waals surface area contributed by atoms with Gasteiger partial charge in [-0.25, -0.2) is 13.2 Å². The number of aliphatic carboxylic acids is 1. The molecule has 2 rings (SSSR count). The number of hydrogen-bond acceptors (Lipinski definition) is 5. The first-order valence-corrected chi connectivity index (χ1v) is 9.56. The average Bonchev–Trinajstić information content (AvgIpc) is 2.59. The molecule has 0 heterocycles. The van der Waals surface area contributed by atoms with Crippen LogP contribution in [0.4, 0.5) is 18.9 Å². The first-order chi connectivity index (χ1) is 12.9. The van der Waals surface area contributed by atoms with Crippen LogP contribution >= 0.6 is 0 Å². The number of carbonyl (C=O) groups is 1. The van der Waals surface area contributed by atoms with Gasteiger partial charge in [-0.05, 0) is 48.5 Å². The van der Waals surface area contributed by atoms with Crippen molar-refractivity contribution in [2.24, 2.45) is 0 Å². The lowest BCUT2D eigenvalue weighted by molar-refractivity contribution is -0.145. The van der Waals surface area contributed by atoms with Gasteiger partial charge in [0.2, 0.25) is 10.0 Å². The van der Waals surface area contributed by atoms with Crippen LogP contribution in [0.1, 0.15) is 5.56 Å². The van der Waals surface area contributed by atoms with Crippen LogP contribution in [0.3, 0.4) is 0 Å². The third kappa shape index (κ3) is 5.60. The van der Waals surface area contributed by atoms with Crippen molar-refractivity contribution >= 4 is 21.7 Å². The first-order valence-electron chi connectivity index (χ1n) is 7.71. The van der Waals surface area contributed by atoms with Crippen LogP contribution in [0.25, 0.3) is 0 Å². The number of halogens is 3. The highest BCUT2D eigenvalue weighted by atomic mass is 32.2. The second kappa shape index (κ2) is 8.07. The molecule has 0 saturated carbocycles. The minimum atomic E-state index is -4.46. The van der Waals surface area contributed by atoms with Crippen molar-refractivity contribution in [1.29, 1.82) is 0 Å². The third-order valence-electron chi connectivity index (χ3n) is 3.57. The van der Waals surface area contributed by atoms with Gasteiger partial charge in [0, 0.05) is 0 Å². The van der Waals surface area contributed by atoms with Crippen molar-refractivity contribution in [1.82, 2.24) is 0 Å². The van der Waals surface area contributed by atoms with E-state index in [1.54, 1.807) is 0 Å². The fraction of sp³-hybridized carbons (Fsp3) is 0.235. The molecule has 2 aromatic rings. The summed E-state index contributed by atoms with van der Waals surface area (Å²) < 4.78 is 67.5. The SMILES string of the molecule is CS(=O)(=O)N(C[C@H](O)C(=O)O)c1ccc(Oc2ccc(C(F)(F)F)cc2)cc1. The highest BCUT2D eigenvalue weighted by Gasteiger charge is 2.30. The molecule has 0 radical (unpaired) electrons. The van der Waals surface area contributed by atoms with Crippen LogP contribution in [-0.4, -0.2) is 43.5 Å². The van der Waals surface area contributed by atoms with Gasteiger partial charge >= 0.3 is 12.1 Å². The predicted molar refractivity (Wildman–Crippen MR) is 93.8 cm³/mol. The second-order valence-electron chi connectivity index (χ2n) is 5.77. The Hall–Kier alpha value is -2.79. The number of benzene rings is 2. The number of alkyl halides is 3. The molecule has 11 heteroatoms. The number of rotatable bonds is 7. The van der Waals surface area contributed by atoms with E-state index in [1.165, 1.54) is 24.3 Å². The van der Waals surface area contributed by atoms with E-state index in [9.17, 15) is 31.5 Å². The molecule has 28 heavy (non-hydrogen) atoms. The fourth-order valence-corrected chi connectivity index (χ4v) is 3.11. The molecule has 0 fully saturated rings. The first kappa shape index (κ1) is 21.5. The number of anilines is 1. The standard InChI is InChI=1S/C17H16F3NO6S/c1-28(25,26)21(10-15(22)16(23)24)12-4-8-14(9-5-12)27-13-6-2-11(3-7-13)17(18,19)20/h2-9,15,22H,10H2,1H3,(H,23,24)/t15-/m0/s1. The topological polar surface area (TPSA) is 104 Å². The number of carboxylic acid groups (broad SMARTS) is 1. The van der Waals surface area contributed by atoms with Gasteiger partial charge in [-0.3, -0.25) is 4.31 Å². The van der Waals surface area contributed by atoms with E-state index in [0.29, 0.717) is 4.31 Å². The van der Waals surface area contributed by atoms with Gasteiger partial charge in [0.1, 0.15) is 11.5 Å². The van der Waals surface area contributed by atoms with E-state index in [4.69, 9.17) is 9.84 Å². The second-order valence-corrected chi connectivity index (χ2v) is 7.67. The number of aliphatic hydroxyl groups is 1. The molecule has 0 spiro atoms. The smallest absolute Gasteiger partial charge is 0.416 e. The van der Waals surface area contributed by atoms with E-state index in [1.807, 2.05) is 0 Å². The normalized spacial score (nSPS) is 13.0. The summed E-state index contributed by atoms with van der Waals surface area (Å²) in [5.41, 5.74) is -0.737. The number of aliphatic hydroxyl groups excluding tert-OH is 1. The van der Waals surface area contributed by atoms with Gasteiger partial charge in [-0.15, -0.1) is 0 Å². The van der Waals surface area contributed by atoms with Gasteiger partial charge in [0.25, 0.3) is 0 Å². The lowest BCUT2D eigenvalue weighted by atomic mass is 10.2. The summed E-state index contributed by atoms with van der Waals surface area (Å²) >= 11 is 0. The molecule has 0 aliphatic rings. The Morgan fingerprint density at radius 2 is 1.54 bits per heavy atom. The van der Waals surface area contributed by atoms with Crippen LogP contribution in [0.5, 0.6) is 11.5 Å². The van der Waals surface area contributed by atoms with Crippen LogP contribution in [-0.2, 0) is 21.0 Å². The zero-order valence-corrected chi connectivity index (χ0v) is 15.2. The van der Waals surface area contributed by atoms with Gasteiger partial charge in [-0.1, -0.05) is 0 Å². The van der Waals surface area contributed by atoms with Gasteiger partial charge < -0.3 is 14.9 Å². The van der Waals surface area contributed by atoms with E-state index in [2.05, 4.69) is 0 Å². The van der Waals surface area contributed by atoms with E-state index in [-0.39, 0.29) is 17.2 Å². The number of ether oxygens (including phenoxy) is 1. The molecule has 0 unspecified atom stereocenters. The molecule has 2 N–H and O–H groups in total. The van der Waals surface area contributed by atoms with Gasteiger partial charge in [0.05, 0.1) is 24.1 Å².